The fourth-order valence-electron chi connectivity index (χ4n) is 4.67. The summed E-state index contributed by atoms with van der Waals surface area (Å²) >= 11 is 0. The van der Waals surface area contributed by atoms with Crippen LogP contribution in [0.25, 0.3) is 10.9 Å². The van der Waals surface area contributed by atoms with Gasteiger partial charge in [-0.1, -0.05) is 19.3 Å². The highest BCUT2D eigenvalue weighted by molar-refractivity contribution is 5.81. The van der Waals surface area contributed by atoms with Crippen molar-refractivity contribution in [2.24, 2.45) is 5.92 Å². The molecule has 1 saturated heterocycles. The van der Waals surface area contributed by atoms with E-state index in [-0.39, 0.29) is 6.10 Å². The van der Waals surface area contributed by atoms with Crippen molar-refractivity contribution in [3.63, 3.8) is 0 Å². The number of likely N-dealkylation sites (tertiary alicyclic amines) is 1. The average molecular weight is 426 g/mol. The molecule has 1 aliphatic carbocycles. The van der Waals surface area contributed by atoms with E-state index in [4.69, 9.17) is 9.47 Å². The standard InChI is InChI=1S/C25H35N3O3/c1-18(2)28-14-12-21(13-15-28)30-22-9-10-23-20(16-22)8-11-24(27-23)31-25(29)26-17-19-6-4-3-5-7-19/h8-11,16,18-19,21H,3-7,12-15,17H2,1-2H3,(H,26,29). The van der Waals surface area contributed by atoms with Crippen LogP contribution in [0, 0.1) is 5.92 Å². The van der Waals surface area contributed by atoms with E-state index in [1.165, 1.54) is 32.1 Å². The average Bonchev–Trinajstić information content (AvgIpc) is 2.79. The van der Waals surface area contributed by atoms with E-state index < -0.39 is 6.09 Å². The first kappa shape index (κ1) is 21.9. The van der Waals surface area contributed by atoms with E-state index in [0.717, 1.165) is 42.6 Å². The van der Waals surface area contributed by atoms with E-state index in [9.17, 15) is 4.79 Å². The zero-order valence-corrected chi connectivity index (χ0v) is 18.8. The maximum atomic E-state index is 12.1. The number of benzene rings is 1. The highest BCUT2D eigenvalue weighted by atomic mass is 16.6. The van der Waals surface area contributed by atoms with Gasteiger partial charge >= 0.3 is 6.09 Å². The molecule has 0 unspecified atom stereocenters. The van der Waals surface area contributed by atoms with Gasteiger partial charge in [-0.05, 0) is 69.7 Å². The van der Waals surface area contributed by atoms with E-state index in [1.54, 1.807) is 6.07 Å². The molecule has 2 aromatic rings. The monoisotopic (exact) mass is 425 g/mol. The molecule has 0 atom stereocenters. The second-order valence-corrected chi connectivity index (χ2v) is 9.23. The lowest BCUT2D eigenvalue weighted by Gasteiger charge is -2.34. The molecule has 2 heterocycles. The Balaban J connectivity index is 1.30. The maximum absolute atomic E-state index is 12.1. The number of hydrogen-bond acceptors (Lipinski definition) is 5. The minimum atomic E-state index is -0.426. The van der Waals surface area contributed by atoms with E-state index >= 15 is 0 Å². The van der Waals surface area contributed by atoms with Crippen LogP contribution in [0.3, 0.4) is 0 Å². The van der Waals surface area contributed by atoms with Crippen LogP contribution in [0.1, 0.15) is 58.8 Å². The number of fused-ring (bicyclic) bond motifs is 1. The summed E-state index contributed by atoms with van der Waals surface area (Å²) in [4.78, 5) is 19.1. The molecule has 2 fully saturated rings. The number of rotatable bonds is 6. The molecule has 0 spiro atoms. The van der Waals surface area contributed by atoms with Crippen molar-refractivity contribution in [2.45, 2.75) is 70.9 Å². The van der Waals surface area contributed by atoms with Crippen molar-refractivity contribution in [2.75, 3.05) is 19.6 Å². The molecule has 1 N–H and O–H groups in total. The molecule has 1 amide bonds. The Kier molecular flexibility index (Phi) is 7.28. The number of piperidine rings is 1. The first-order valence-electron chi connectivity index (χ1n) is 11.8. The quantitative estimate of drug-likeness (QED) is 0.693. The number of nitrogens with zero attached hydrogens (tertiary/aromatic N) is 2. The normalized spacial score (nSPS) is 18.9. The van der Waals surface area contributed by atoms with Crippen LogP contribution in [0.15, 0.2) is 30.3 Å². The van der Waals surface area contributed by atoms with Gasteiger partial charge in [0.2, 0.25) is 5.88 Å². The zero-order valence-electron chi connectivity index (χ0n) is 18.8. The van der Waals surface area contributed by atoms with E-state index in [2.05, 4.69) is 29.0 Å². The van der Waals surface area contributed by atoms with Crippen LogP contribution >= 0.6 is 0 Å². The van der Waals surface area contributed by atoms with Crippen LogP contribution in [-0.4, -0.2) is 47.8 Å². The molecule has 0 bridgehead atoms. The van der Waals surface area contributed by atoms with Gasteiger partial charge in [0.15, 0.2) is 0 Å². The summed E-state index contributed by atoms with van der Waals surface area (Å²) in [5, 5.41) is 3.87. The van der Waals surface area contributed by atoms with Crippen LogP contribution in [0.5, 0.6) is 11.6 Å². The summed E-state index contributed by atoms with van der Waals surface area (Å²) in [6.45, 7) is 7.34. The van der Waals surface area contributed by atoms with Gasteiger partial charge in [-0.3, -0.25) is 0 Å². The second-order valence-electron chi connectivity index (χ2n) is 9.23. The minimum Gasteiger partial charge on any atom is -0.490 e. The smallest absolute Gasteiger partial charge is 0.413 e. The Bertz CT molecular complexity index is 871. The second kappa shape index (κ2) is 10.3. The highest BCUT2D eigenvalue weighted by Crippen LogP contribution is 2.26. The largest absolute Gasteiger partial charge is 0.490 e. The lowest BCUT2D eigenvalue weighted by atomic mass is 9.89. The van der Waals surface area contributed by atoms with Gasteiger partial charge in [-0.15, -0.1) is 0 Å². The zero-order chi connectivity index (χ0) is 21.6. The topological polar surface area (TPSA) is 63.7 Å². The lowest BCUT2D eigenvalue weighted by Crippen LogP contribution is -2.41. The minimum absolute atomic E-state index is 0.260. The predicted octanol–water partition coefficient (Wildman–Crippen LogP) is 5.16. The lowest BCUT2D eigenvalue weighted by molar-refractivity contribution is 0.0844. The van der Waals surface area contributed by atoms with Crippen molar-refractivity contribution in [1.29, 1.82) is 0 Å². The van der Waals surface area contributed by atoms with Crippen molar-refractivity contribution >= 4 is 17.0 Å². The number of carbonyl (C=O) groups excluding carboxylic acids is 1. The molecule has 1 saturated carbocycles. The van der Waals surface area contributed by atoms with Gasteiger partial charge in [0.1, 0.15) is 11.9 Å². The molecule has 1 aromatic carbocycles. The van der Waals surface area contributed by atoms with Crippen molar-refractivity contribution < 1.29 is 14.3 Å². The summed E-state index contributed by atoms with van der Waals surface area (Å²) in [5.41, 5.74) is 0.791. The Morgan fingerprint density at radius 2 is 1.87 bits per heavy atom. The molecular weight excluding hydrogens is 390 g/mol. The summed E-state index contributed by atoms with van der Waals surface area (Å²) in [7, 11) is 0. The SMILES string of the molecule is CC(C)N1CCC(Oc2ccc3nc(OC(=O)NCC4CCCCC4)ccc3c2)CC1. The van der Waals surface area contributed by atoms with Gasteiger partial charge in [0.25, 0.3) is 0 Å². The van der Waals surface area contributed by atoms with E-state index in [1.807, 2.05) is 24.3 Å². The Morgan fingerprint density at radius 1 is 1.10 bits per heavy atom. The van der Waals surface area contributed by atoms with Crippen LogP contribution in [0.4, 0.5) is 4.79 Å². The molecular formula is C25H35N3O3. The number of amides is 1. The fourth-order valence-corrected chi connectivity index (χ4v) is 4.67. The first-order chi connectivity index (χ1) is 15.1. The molecule has 0 radical (unpaired) electrons. The third kappa shape index (κ3) is 6.10. The number of carbonyl (C=O) groups is 1. The summed E-state index contributed by atoms with van der Waals surface area (Å²) in [6.07, 6.45) is 8.15. The fraction of sp³-hybridized carbons (Fsp3) is 0.600. The van der Waals surface area contributed by atoms with E-state index in [0.29, 0.717) is 24.4 Å². The number of ether oxygens (including phenoxy) is 2. The van der Waals surface area contributed by atoms with Crippen molar-refractivity contribution in [3.05, 3.63) is 30.3 Å². The predicted molar refractivity (Wildman–Crippen MR) is 123 cm³/mol. The summed E-state index contributed by atoms with van der Waals surface area (Å²) in [5.74, 6) is 1.77. The Morgan fingerprint density at radius 3 is 2.61 bits per heavy atom. The van der Waals surface area contributed by atoms with Gasteiger partial charge in [-0.25, -0.2) is 9.78 Å². The van der Waals surface area contributed by atoms with Crippen LogP contribution in [0.2, 0.25) is 0 Å². The molecule has 4 rings (SSSR count). The molecule has 6 nitrogen and oxygen atoms in total. The molecule has 168 valence electrons. The highest BCUT2D eigenvalue weighted by Gasteiger charge is 2.22. The molecule has 31 heavy (non-hydrogen) atoms. The van der Waals surface area contributed by atoms with Crippen LogP contribution < -0.4 is 14.8 Å². The van der Waals surface area contributed by atoms with Gasteiger partial charge in [0.05, 0.1) is 5.52 Å². The van der Waals surface area contributed by atoms with Gasteiger partial charge < -0.3 is 19.7 Å². The molecule has 1 aliphatic heterocycles. The molecule has 6 heteroatoms. The summed E-state index contributed by atoms with van der Waals surface area (Å²) in [6, 6.07) is 10.2. The first-order valence-corrected chi connectivity index (χ1v) is 11.8. The van der Waals surface area contributed by atoms with Gasteiger partial charge in [-0.2, -0.15) is 0 Å². The van der Waals surface area contributed by atoms with Crippen molar-refractivity contribution in [3.8, 4) is 11.6 Å². The third-order valence-corrected chi connectivity index (χ3v) is 6.60. The Labute approximate surface area is 185 Å². The maximum Gasteiger partial charge on any atom is 0.413 e. The van der Waals surface area contributed by atoms with Crippen LogP contribution in [-0.2, 0) is 0 Å². The van der Waals surface area contributed by atoms with Gasteiger partial charge in [0, 0.05) is 37.1 Å². The Hall–Kier alpha value is -2.34. The molecule has 2 aliphatic rings. The number of aromatic nitrogens is 1. The molecule has 1 aromatic heterocycles. The summed E-state index contributed by atoms with van der Waals surface area (Å²) < 4.78 is 11.6. The number of nitrogens with one attached hydrogen (secondary N) is 1. The number of pyridine rings is 1. The third-order valence-electron chi connectivity index (χ3n) is 6.60. The van der Waals surface area contributed by atoms with Crippen molar-refractivity contribution in [1.82, 2.24) is 15.2 Å². The number of hydrogen-bond donors (Lipinski definition) is 1.